The fourth-order valence-corrected chi connectivity index (χ4v) is 1.92. The van der Waals surface area contributed by atoms with Crippen LogP contribution in [0.4, 0.5) is 0 Å². The number of carbonyl (C=O) groups excluding carboxylic acids is 1. The highest BCUT2D eigenvalue weighted by atomic mass is 127. The molecule has 2 rings (SSSR count). The van der Waals surface area contributed by atoms with Gasteiger partial charge >= 0.3 is 5.97 Å². The largest absolute Gasteiger partial charge is 0.465 e. The van der Waals surface area contributed by atoms with Crippen LogP contribution in [0.3, 0.4) is 0 Å². The Hall–Kier alpha value is -1.18. The molecule has 5 nitrogen and oxygen atoms in total. The molecule has 6 heteroatoms. The van der Waals surface area contributed by atoms with Crippen LogP contribution < -0.4 is 0 Å². The number of ether oxygens (including phenoxy) is 1. The Morgan fingerprint density at radius 1 is 1.53 bits per heavy atom. The topological polar surface area (TPSA) is 56.5 Å². The number of halogens is 1. The second-order valence-corrected chi connectivity index (χ2v) is 4.25. The molecule has 0 radical (unpaired) electrons. The van der Waals surface area contributed by atoms with Gasteiger partial charge in [0.25, 0.3) is 0 Å². The van der Waals surface area contributed by atoms with Crippen molar-refractivity contribution in [3.63, 3.8) is 0 Å². The molecule has 2 heterocycles. The van der Waals surface area contributed by atoms with E-state index in [1.807, 2.05) is 13.1 Å². The number of aryl methyl sites for hydroxylation is 1. The van der Waals surface area contributed by atoms with Gasteiger partial charge in [0, 0.05) is 9.77 Å². The Morgan fingerprint density at radius 3 is 2.93 bits per heavy atom. The minimum atomic E-state index is -0.397. The lowest BCUT2D eigenvalue weighted by Gasteiger charge is -2.02. The Bertz CT molecular complexity index is 535. The van der Waals surface area contributed by atoms with E-state index in [0.29, 0.717) is 11.2 Å². The quantitative estimate of drug-likeness (QED) is 0.590. The number of rotatable bonds is 1. The van der Waals surface area contributed by atoms with Crippen molar-refractivity contribution >= 4 is 34.2 Å². The summed E-state index contributed by atoms with van der Waals surface area (Å²) in [6.45, 7) is 1.83. The smallest absolute Gasteiger partial charge is 0.341 e. The van der Waals surface area contributed by atoms with Gasteiger partial charge in [-0.25, -0.2) is 4.79 Å². The lowest BCUT2D eigenvalue weighted by Crippen LogP contribution is -2.05. The van der Waals surface area contributed by atoms with Gasteiger partial charge in [0.05, 0.1) is 7.11 Å². The summed E-state index contributed by atoms with van der Waals surface area (Å²) in [7, 11) is 1.35. The first-order chi connectivity index (χ1) is 7.13. The van der Waals surface area contributed by atoms with Crippen molar-refractivity contribution in [2.45, 2.75) is 6.92 Å². The van der Waals surface area contributed by atoms with Crippen LogP contribution in [-0.4, -0.2) is 27.7 Å². The lowest BCUT2D eigenvalue weighted by atomic mass is 10.3. The van der Waals surface area contributed by atoms with Crippen molar-refractivity contribution in [3.05, 3.63) is 27.2 Å². The van der Waals surface area contributed by atoms with Crippen molar-refractivity contribution in [1.82, 2.24) is 14.6 Å². The van der Waals surface area contributed by atoms with E-state index in [2.05, 4.69) is 37.5 Å². The van der Waals surface area contributed by atoms with Gasteiger partial charge in [-0.2, -0.15) is 0 Å². The number of hydrogen-bond acceptors (Lipinski definition) is 4. The number of hydrogen-bond donors (Lipinski definition) is 0. The average Bonchev–Trinajstić information content (AvgIpc) is 2.58. The van der Waals surface area contributed by atoms with E-state index in [1.165, 1.54) is 7.11 Å². The summed E-state index contributed by atoms with van der Waals surface area (Å²) in [5, 5.41) is 7.85. The molecule has 2 aromatic rings. The zero-order chi connectivity index (χ0) is 11.0. The molecule has 78 valence electrons. The van der Waals surface area contributed by atoms with E-state index in [0.717, 1.165) is 9.39 Å². The van der Waals surface area contributed by atoms with Crippen molar-refractivity contribution in [1.29, 1.82) is 0 Å². The highest BCUT2D eigenvalue weighted by Crippen LogP contribution is 2.15. The highest BCUT2D eigenvalue weighted by molar-refractivity contribution is 14.1. The molecule has 0 atom stereocenters. The van der Waals surface area contributed by atoms with Gasteiger partial charge in [0.1, 0.15) is 11.4 Å². The minimum Gasteiger partial charge on any atom is -0.465 e. The van der Waals surface area contributed by atoms with Gasteiger partial charge in [-0.15, -0.1) is 10.2 Å². The summed E-state index contributed by atoms with van der Waals surface area (Å²) in [4.78, 5) is 11.5. The van der Waals surface area contributed by atoms with Crippen LogP contribution in [0.5, 0.6) is 0 Å². The molecule has 0 aromatic carbocycles. The molecular weight excluding hydrogens is 309 g/mol. The van der Waals surface area contributed by atoms with Gasteiger partial charge in [0.15, 0.2) is 5.65 Å². The number of esters is 1. The molecule has 2 aromatic heterocycles. The predicted molar refractivity (Wildman–Crippen MR) is 61.8 cm³/mol. The summed E-state index contributed by atoms with van der Waals surface area (Å²) in [5.74, 6) is 0.347. The molecule has 0 aliphatic heterocycles. The molecule has 0 unspecified atom stereocenters. The van der Waals surface area contributed by atoms with Crippen LogP contribution in [0.1, 0.15) is 16.2 Å². The number of nitrogens with zero attached hydrogens (tertiary/aromatic N) is 3. The van der Waals surface area contributed by atoms with Crippen molar-refractivity contribution in [2.75, 3.05) is 7.11 Å². The maximum absolute atomic E-state index is 11.5. The first-order valence-corrected chi connectivity index (χ1v) is 5.30. The van der Waals surface area contributed by atoms with Crippen LogP contribution in [0.15, 0.2) is 12.3 Å². The van der Waals surface area contributed by atoms with Crippen LogP contribution >= 0.6 is 22.6 Å². The molecule has 0 fully saturated rings. The van der Waals surface area contributed by atoms with Crippen molar-refractivity contribution < 1.29 is 9.53 Å². The van der Waals surface area contributed by atoms with Gasteiger partial charge in [-0.1, -0.05) is 0 Å². The molecular formula is C9H8IN3O2. The maximum atomic E-state index is 11.5. The second-order valence-electron chi connectivity index (χ2n) is 3.00. The molecule has 0 spiro atoms. The van der Waals surface area contributed by atoms with Gasteiger partial charge < -0.3 is 4.74 Å². The molecule has 0 saturated heterocycles. The molecule has 0 amide bonds. The summed E-state index contributed by atoms with van der Waals surface area (Å²) in [6.07, 6.45) is 1.87. The zero-order valence-corrected chi connectivity index (χ0v) is 10.3. The molecule has 0 aliphatic rings. The fourth-order valence-electron chi connectivity index (χ4n) is 1.33. The number of methoxy groups -OCH3 is 1. The maximum Gasteiger partial charge on any atom is 0.341 e. The van der Waals surface area contributed by atoms with E-state index >= 15 is 0 Å². The summed E-state index contributed by atoms with van der Waals surface area (Å²) < 4.78 is 7.39. The zero-order valence-electron chi connectivity index (χ0n) is 8.19. The van der Waals surface area contributed by atoms with Gasteiger partial charge in [-0.3, -0.25) is 4.40 Å². The third kappa shape index (κ3) is 1.69. The van der Waals surface area contributed by atoms with Gasteiger partial charge in [0.2, 0.25) is 0 Å². The summed E-state index contributed by atoms with van der Waals surface area (Å²) in [6, 6.07) is 1.73. The standard InChI is InChI=1S/C9H8IN3O2/c1-5-11-12-8-7(9(14)15-2)3-6(10)4-13(5)8/h3-4H,1-2H3. The van der Waals surface area contributed by atoms with Crippen molar-refractivity contribution in [3.8, 4) is 0 Å². The van der Waals surface area contributed by atoms with E-state index < -0.39 is 5.97 Å². The van der Waals surface area contributed by atoms with Crippen LogP contribution in [0.25, 0.3) is 5.65 Å². The Kier molecular flexibility index (Phi) is 2.59. The fraction of sp³-hybridized carbons (Fsp3) is 0.222. The van der Waals surface area contributed by atoms with Crippen LogP contribution in [-0.2, 0) is 4.74 Å². The third-order valence-corrected chi connectivity index (χ3v) is 2.64. The molecule has 0 saturated carbocycles. The first-order valence-electron chi connectivity index (χ1n) is 4.22. The van der Waals surface area contributed by atoms with E-state index in [-0.39, 0.29) is 0 Å². The monoisotopic (exact) mass is 317 g/mol. The Morgan fingerprint density at radius 2 is 2.27 bits per heavy atom. The van der Waals surface area contributed by atoms with E-state index in [4.69, 9.17) is 0 Å². The highest BCUT2D eigenvalue weighted by Gasteiger charge is 2.15. The van der Waals surface area contributed by atoms with Crippen molar-refractivity contribution in [2.24, 2.45) is 0 Å². The Labute approximate surface area is 99.6 Å². The summed E-state index contributed by atoms with van der Waals surface area (Å²) in [5.41, 5.74) is 0.963. The van der Waals surface area contributed by atoms with Crippen LogP contribution in [0.2, 0.25) is 0 Å². The SMILES string of the molecule is COC(=O)c1cc(I)cn2c(C)nnc12. The molecule has 0 bridgehead atoms. The molecule has 0 aliphatic carbocycles. The minimum absolute atomic E-state index is 0.397. The number of pyridine rings is 1. The number of carbonyl (C=O) groups is 1. The first kappa shape index (κ1) is 10.3. The Balaban J connectivity index is 2.78. The van der Waals surface area contributed by atoms with E-state index in [1.54, 1.807) is 10.5 Å². The number of aromatic nitrogens is 3. The van der Waals surface area contributed by atoms with E-state index in [9.17, 15) is 4.79 Å². The second kappa shape index (κ2) is 3.76. The molecule has 15 heavy (non-hydrogen) atoms. The normalized spacial score (nSPS) is 10.6. The molecule has 0 N–H and O–H groups in total. The van der Waals surface area contributed by atoms with Crippen LogP contribution in [0, 0.1) is 10.5 Å². The average molecular weight is 317 g/mol. The number of fused-ring (bicyclic) bond motifs is 1. The predicted octanol–water partition coefficient (Wildman–Crippen LogP) is 1.43. The van der Waals surface area contributed by atoms with Gasteiger partial charge in [-0.05, 0) is 35.6 Å². The third-order valence-electron chi connectivity index (χ3n) is 2.05. The lowest BCUT2D eigenvalue weighted by molar-refractivity contribution is 0.0602. The summed E-state index contributed by atoms with van der Waals surface area (Å²) >= 11 is 2.13.